The highest BCUT2D eigenvalue weighted by molar-refractivity contribution is 7.90. The van der Waals surface area contributed by atoms with Crippen molar-refractivity contribution in [2.24, 2.45) is 5.92 Å². The molecule has 0 bridgehead atoms. The summed E-state index contributed by atoms with van der Waals surface area (Å²) in [6.07, 6.45) is 3.53. The Labute approximate surface area is 141 Å². The van der Waals surface area contributed by atoms with Crippen LogP contribution < -0.4 is 14.8 Å². The van der Waals surface area contributed by atoms with Crippen molar-refractivity contribution < 1.29 is 22.7 Å². The minimum Gasteiger partial charge on any atom is -0.497 e. The number of methoxy groups -OCH3 is 1. The number of rotatable bonds is 6. The van der Waals surface area contributed by atoms with Crippen LogP contribution in [0.15, 0.2) is 29.2 Å². The van der Waals surface area contributed by atoms with Crippen molar-refractivity contribution in [3.63, 3.8) is 0 Å². The zero-order chi connectivity index (χ0) is 17.7. The fourth-order valence-corrected chi connectivity index (χ4v) is 3.92. The van der Waals surface area contributed by atoms with Crippen LogP contribution >= 0.6 is 0 Å². The van der Waals surface area contributed by atoms with E-state index < -0.39 is 22.0 Å². The quantitative estimate of drug-likeness (QED) is 0.799. The summed E-state index contributed by atoms with van der Waals surface area (Å²) in [6, 6.07) is 4.88. The molecule has 2 N–H and O–H groups in total. The highest BCUT2D eigenvalue weighted by Crippen LogP contribution is 2.28. The molecule has 1 atom stereocenters. The van der Waals surface area contributed by atoms with Gasteiger partial charge in [-0.3, -0.25) is 9.59 Å². The second-order valence-electron chi connectivity index (χ2n) is 5.87. The van der Waals surface area contributed by atoms with Crippen LogP contribution in [0.4, 0.5) is 0 Å². The second-order valence-corrected chi connectivity index (χ2v) is 7.55. The van der Waals surface area contributed by atoms with Crippen molar-refractivity contribution in [3.05, 3.63) is 24.3 Å². The maximum atomic E-state index is 12.4. The van der Waals surface area contributed by atoms with Crippen molar-refractivity contribution >= 4 is 21.8 Å². The van der Waals surface area contributed by atoms with Gasteiger partial charge >= 0.3 is 0 Å². The maximum Gasteiger partial charge on any atom is 0.264 e. The minimum absolute atomic E-state index is 0.0374. The lowest BCUT2D eigenvalue weighted by molar-refractivity contribution is -0.128. The van der Waals surface area contributed by atoms with E-state index in [1.54, 1.807) is 0 Å². The van der Waals surface area contributed by atoms with Crippen LogP contribution in [0.3, 0.4) is 0 Å². The van der Waals surface area contributed by atoms with Gasteiger partial charge in [0.05, 0.1) is 12.0 Å². The first-order valence-corrected chi connectivity index (χ1v) is 9.29. The third-order valence-corrected chi connectivity index (χ3v) is 5.48. The van der Waals surface area contributed by atoms with E-state index in [1.165, 1.54) is 38.3 Å². The van der Waals surface area contributed by atoms with Gasteiger partial charge in [-0.25, -0.2) is 13.1 Å². The summed E-state index contributed by atoms with van der Waals surface area (Å²) >= 11 is 0. The van der Waals surface area contributed by atoms with E-state index in [-0.39, 0.29) is 16.7 Å². The molecule has 1 aromatic carbocycles. The van der Waals surface area contributed by atoms with E-state index in [2.05, 4.69) is 10.0 Å². The third kappa shape index (κ3) is 4.47. The Bertz CT molecular complexity index is 694. The number of hydrogen-bond donors (Lipinski definition) is 2. The van der Waals surface area contributed by atoms with Gasteiger partial charge < -0.3 is 10.1 Å². The van der Waals surface area contributed by atoms with E-state index in [1.807, 2.05) is 0 Å². The number of carbonyl (C=O) groups excluding carboxylic acids is 2. The van der Waals surface area contributed by atoms with Crippen LogP contribution in [0.5, 0.6) is 5.75 Å². The van der Waals surface area contributed by atoms with Crippen molar-refractivity contribution in [1.29, 1.82) is 0 Å². The predicted octanol–water partition coefficient (Wildman–Crippen LogP) is 1.19. The molecule has 1 saturated carbocycles. The summed E-state index contributed by atoms with van der Waals surface area (Å²) in [5, 5.41) is 2.58. The van der Waals surface area contributed by atoms with Gasteiger partial charge in [0.15, 0.2) is 0 Å². The Morgan fingerprint density at radius 1 is 1.17 bits per heavy atom. The molecular formula is C16H22N2O5S. The summed E-state index contributed by atoms with van der Waals surface area (Å²) in [4.78, 5) is 23.8. The average Bonchev–Trinajstić information content (AvgIpc) is 3.06. The zero-order valence-corrected chi connectivity index (χ0v) is 14.6. The number of amides is 2. The molecule has 0 heterocycles. The molecular weight excluding hydrogens is 332 g/mol. The molecule has 1 aromatic rings. The molecule has 0 spiro atoms. The molecule has 0 unspecified atom stereocenters. The summed E-state index contributed by atoms with van der Waals surface area (Å²) in [5.74, 6) is -0.584. The van der Waals surface area contributed by atoms with E-state index in [0.29, 0.717) is 5.75 Å². The lowest BCUT2D eigenvalue weighted by Crippen LogP contribution is -2.51. The molecule has 2 amide bonds. The molecule has 0 radical (unpaired) electrons. The van der Waals surface area contributed by atoms with E-state index >= 15 is 0 Å². The van der Waals surface area contributed by atoms with Crippen LogP contribution in [0, 0.1) is 5.92 Å². The van der Waals surface area contributed by atoms with Crippen LogP contribution in [-0.2, 0) is 19.6 Å². The highest BCUT2D eigenvalue weighted by atomic mass is 32.2. The number of sulfonamides is 1. The fraction of sp³-hybridized carbons (Fsp3) is 0.500. The molecule has 0 aliphatic heterocycles. The van der Waals surface area contributed by atoms with Gasteiger partial charge in [-0.05, 0) is 43.0 Å². The van der Waals surface area contributed by atoms with Crippen molar-refractivity contribution in [2.45, 2.75) is 43.5 Å². The van der Waals surface area contributed by atoms with Crippen LogP contribution in [-0.4, -0.2) is 33.4 Å². The Hall–Kier alpha value is -2.09. The zero-order valence-electron chi connectivity index (χ0n) is 13.7. The molecule has 132 valence electrons. The predicted molar refractivity (Wildman–Crippen MR) is 87.9 cm³/mol. The van der Waals surface area contributed by atoms with Crippen LogP contribution in [0.1, 0.15) is 32.6 Å². The Kier molecular flexibility index (Phi) is 5.82. The maximum absolute atomic E-state index is 12.4. The Morgan fingerprint density at radius 2 is 1.75 bits per heavy atom. The van der Waals surface area contributed by atoms with E-state index in [4.69, 9.17) is 4.74 Å². The molecule has 1 aliphatic rings. The number of carbonyl (C=O) groups is 2. The first-order valence-electron chi connectivity index (χ1n) is 7.81. The normalized spacial score (nSPS) is 16.4. The largest absolute Gasteiger partial charge is 0.497 e. The molecule has 24 heavy (non-hydrogen) atoms. The first kappa shape index (κ1) is 18.3. The van der Waals surface area contributed by atoms with E-state index in [9.17, 15) is 18.0 Å². The summed E-state index contributed by atoms with van der Waals surface area (Å²) in [5.41, 5.74) is 0. The minimum atomic E-state index is -4.00. The van der Waals surface area contributed by atoms with Gasteiger partial charge in [0, 0.05) is 6.92 Å². The first-order chi connectivity index (χ1) is 11.3. The lowest BCUT2D eigenvalue weighted by Gasteiger charge is -2.23. The summed E-state index contributed by atoms with van der Waals surface area (Å²) in [7, 11) is -2.52. The summed E-state index contributed by atoms with van der Waals surface area (Å²) < 4.78 is 31.8. The molecule has 0 saturated heterocycles. The van der Waals surface area contributed by atoms with Crippen LogP contribution in [0.25, 0.3) is 0 Å². The number of hydrogen-bond acceptors (Lipinski definition) is 5. The SMILES string of the molecule is COc1ccc(S(=O)(=O)NC(=O)[C@H](NC(C)=O)C2CCCC2)cc1. The smallest absolute Gasteiger partial charge is 0.264 e. The summed E-state index contributed by atoms with van der Waals surface area (Å²) in [6.45, 7) is 1.31. The molecule has 0 aromatic heterocycles. The fourth-order valence-electron chi connectivity index (χ4n) is 2.92. The monoisotopic (exact) mass is 354 g/mol. The van der Waals surface area contributed by atoms with Gasteiger partial charge in [0.2, 0.25) is 5.91 Å². The molecule has 1 aliphatic carbocycles. The van der Waals surface area contributed by atoms with Gasteiger partial charge in [-0.2, -0.15) is 0 Å². The standard InChI is InChI=1S/C16H22N2O5S/c1-11(19)17-15(12-5-3-4-6-12)16(20)18-24(21,22)14-9-7-13(23-2)8-10-14/h7-10,12,15H,3-6H2,1-2H3,(H,17,19)(H,18,20)/t15-/m1/s1. The lowest BCUT2D eigenvalue weighted by atomic mass is 9.97. The van der Waals surface area contributed by atoms with Gasteiger partial charge in [0.1, 0.15) is 11.8 Å². The van der Waals surface area contributed by atoms with Gasteiger partial charge in [-0.15, -0.1) is 0 Å². The molecule has 7 nitrogen and oxygen atoms in total. The molecule has 8 heteroatoms. The third-order valence-electron chi connectivity index (χ3n) is 4.12. The number of benzene rings is 1. The Balaban J connectivity index is 2.15. The number of ether oxygens (including phenoxy) is 1. The van der Waals surface area contributed by atoms with Crippen molar-refractivity contribution in [2.75, 3.05) is 7.11 Å². The average molecular weight is 354 g/mol. The Morgan fingerprint density at radius 3 is 2.25 bits per heavy atom. The number of nitrogens with one attached hydrogen (secondary N) is 2. The van der Waals surface area contributed by atoms with Gasteiger partial charge in [-0.1, -0.05) is 12.8 Å². The molecule has 1 fully saturated rings. The molecule has 2 rings (SSSR count). The second kappa shape index (κ2) is 7.65. The van der Waals surface area contributed by atoms with Crippen molar-refractivity contribution in [3.8, 4) is 5.75 Å². The van der Waals surface area contributed by atoms with Gasteiger partial charge in [0.25, 0.3) is 15.9 Å². The van der Waals surface area contributed by atoms with Crippen LogP contribution in [0.2, 0.25) is 0 Å². The topological polar surface area (TPSA) is 102 Å². The van der Waals surface area contributed by atoms with Crippen molar-refractivity contribution in [1.82, 2.24) is 10.0 Å². The van der Waals surface area contributed by atoms with E-state index in [0.717, 1.165) is 25.7 Å². The highest BCUT2D eigenvalue weighted by Gasteiger charge is 2.33.